The molecule has 2 aromatic heterocycles. The van der Waals surface area contributed by atoms with Crippen LogP contribution >= 0.6 is 7.60 Å². The van der Waals surface area contributed by atoms with Crippen molar-refractivity contribution in [2.24, 2.45) is 0 Å². The summed E-state index contributed by atoms with van der Waals surface area (Å²) in [6, 6.07) is 9.82. The minimum Gasteiger partial charge on any atom is -0.395 e. The zero-order chi connectivity index (χ0) is 20.1. The Morgan fingerprint density at radius 2 is 1.86 bits per heavy atom. The maximum Gasteiger partial charge on any atom is 0.326 e. The van der Waals surface area contributed by atoms with Gasteiger partial charge in [0.15, 0.2) is 0 Å². The summed E-state index contributed by atoms with van der Waals surface area (Å²) in [7, 11) is -4.09. The van der Waals surface area contributed by atoms with Gasteiger partial charge < -0.3 is 25.2 Å². The first-order valence-electron chi connectivity index (χ1n) is 8.91. The smallest absolute Gasteiger partial charge is 0.326 e. The van der Waals surface area contributed by atoms with Crippen molar-refractivity contribution in [3.05, 3.63) is 42.9 Å². The van der Waals surface area contributed by atoms with E-state index in [-0.39, 0.29) is 19.3 Å². The summed E-state index contributed by atoms with van der Waals surface area (Å²) < 4.78 is 13.1. The van der Waals surface area contributed by atoms with Crippen LogP contribution < -0.4 is 5.73 Å². The van der Waals surface area contributed by atoms with E-state index in [0.717, 1.165) is 16.5 Å². The van der Waals surface area contributed by atoms with Crippen molar-refractivity contribution in [2.45, 2.75) is 6.54 Å². The van der Waals surface area contributed by atoms with Gasteiger partial charge in [-0.05, 0) is 5.56 Å². The largest absolute Gasteiger partial charge is 0.395 e. The van der Waals surface area contributed by atoms with Gasteiger partial charge in [-0.1, -0.05) is 30.3 Å². The Kier molecular flexibility index (Phi) is 6.43. The molecule has 150 valence electrons. The highest BCUT2D eigenvalue weighted by molar-refractivity contribution is 7.51. The number of anilines is 1. The zero-order valence-electron chi connectivity index (χ0n) is 15.3. The fourth-order valence-electron chi connectivity index (χ4n) is 3.15. The molecule has 0 fully saturated rings. The number of rotatable bonds is 9. The number of benzene rings is 1. The SMILES string of the molecule is Nc1ncnc2c1c(-c1ccccc1)cn2CCN(CCO)CCP(=O)(O)O. The normalized spacial score (nSPS) is 12.1. The lowest BCUT2D eigenvalue weighted by Gasteiger charge is -2.21. The highest BCUT2D eigenvalue weighted by atomic mass is 31.2. The maximum atomic E-state index is 11.2. The van der Waals surface area contributed by atoms with Gasteiger partial charge in [0.05, 0.1) is 18.2 Å². The molecule has 3 aromatic rings. The van der Waals surface area contributed by atoms with Crippen LogP contribution in [0.2, 0.25) is 0 Å². The third kappa shape index (κ3) is 4.95. The van der Waals surface area contributed by atoms with Gasteiger partial charge in [-0.2, -0.15) is 0 Å². The van der Waals surface area contributed by atoms with E-state index in [4.69, 9.17) is 15.5 Å². The van der Waals surface area contributed by atoms with E-state index in [1.54, 1.807) is 0 Å². The molecule has 0 aliphatic carbocycles. The van der Waals surface area contributed by atoms with E-state index >= 15 is 0 Å². The van der Waals surface area contributed by atoms with Crippen LogP contribution in [0.3, 0.4) is 0 Å². The fourth-order valence-corrected chi connectivity index (χ4v) is 3.70. The number of nitrogens with two attached hydrogens (primary N) is 1. The minimum atomic E-state index is -4.09. The number of aromatic nitrogens is 3. The van der Waals surface area contributed by atoms with Crippen LogP contribution in [0.5, 0.6) is 0 Å². The third-order valence-electron chi connectivity index (χ3n) is 4.55. The van der Waals surface area contributed by atoms with E-state index < -0.39 is 7.60 Å². The molecule has 0 saturated heterocycles. The zero-order valence-corrected chi connectivity index (χ0v) is 16.2. The third-order valence-corrected chi connectivity index (χ3v) is 5.33. The molecule has 0 atom stereocenters. The summed E-state index contributed by atoms with van der Waals surface area (Å²) >= 11 is 0. The fraction of sp³-hybridized carbons (Fsp3) is 0.333. The lowest BCUT2D eigenvalue weighted by atomic mass is 10.1. The van der Waals surface area contributed by atoms with Gasteiger partial charge in [-0.25, -0.2) is 9.97 Å². The molecule has 1 aromatic carbocycles. The molecule has 0 spiro atoms. The molecule has 0 bridgehead atoms. The molecule has 0 saturated carbocycles. The topological polar surface area (TPSA) is 138 Å². The second-order valence-corrected chi connectivity index (χ2v) is 8.29. The van der Waals surface area contributed by atoms with Crippen LogP contribution in [0.1, 0.15) is 0 Å². The Balaban J connectivity index is 1.87. The van der Waals surface area contributed by atoms with Crippen molar-refractivity contribution in [1.82, 2.24) is 19.4 Å². The van der Waals surface area contributed by atoms with Gasteiger partial charge in [0.2, 0.25) is 0 Å². The van der Waals surface area contributed by atoms with Crippen LogP contribution in [0.25, 0.3) is 22.2 Å². The second-order valence-electron chi connectivity index (χ2n) is 6.51. The highest BCUT2D eigenvalue weighted by Gasteiger charge is 2.18. The van der Waals surface area contributed by atoms with Gasteiger partial charge in [0.1, 0.15) is 17.8 Å². The average molecular weight is 405 g/mol. The molecule has 3 rings (SSSR count). The molecule has 0 radical (unpaired) electrons. The Morgan fingerprint density at radius 3 is 2.54 bits per heavy atom. The van der Waals surface area contributed by atoms with Crippen LogP contribution in [-0.2, 0) is 11.1 Å². The van der Waals surface area contributed by atoms with Crippen molar-refractivity contribution in [2.75, 3.05) is 38.1 Å². The molecule has 0 aliphatic rings. The lowest BCUT2D eigenvalue weighted by Crippen LogP contribution is -2.32. The predicted octanol–water partition coefficient (Wildman–Crippen LogP) is 1.15. The Hall–Kier alpha value is -2.29. The number of fused-ring (bicyclic) bond motifs is 1. The Labute approximate surface area is 162 Å². The standard InChI is InChI=1S/C18H24N5O4P/c19-17-16-15(14-4-2-1-3-5-14)12-23(18(16)21-13-20-17)7-6-22(8-10-24)9-11-28(25,26)27/h1-5,12-13,24H,6-11H2,(H2,19,20,21)(H2,25,26,27). The number of hydrogen-bond donors (Lipinski definition) is 4. The van der Waals surface area contributed by atoms with E-state index in [1.165, 1.54) is 6.33 Å². The Bertz CT molecular complexity index is 973. The number of aliphatic hydroxyl groups excluding tert-OH is 1. The monoisotopic (exact) mass is 405 g/mol. The van der Waals surface area contributed by atoms with E-state index in [0.29, 0.717) is 31.1 Å². The van der Waals surface area contributed by atoms with Gasteiger partial charge >= 0.3 is 7.60 Å². The lowest BCUT2D eigenvalue weighted by molar-refractivity contribution is 0.196. The average Bonchev–Trinajstić information content (AvgIpc) is 3.04. The molecule has 2 heterocycles. The van der Waals surface area contributed by atoms with E-state index in [1.807, 2.05) is 46.0 Å². The van der Waals surface area contributed by atoms with Crippen molar-refractivity contribution in [3.8, 4) is 11.1 Å². The Morgan fingerprint density at radius 1 is 1.11 bits per heavy atom. The summed E-state index contributed by atoms with van der Waals surface area (Å²) in [6.45, 7) is 1.48. The first kappa shape index (κ1) is 20.4. The molecule has 9 nitrogen and oxygen atoms in total. The van der Waals surface area contributed by atoms with Crippen molar-refractivity contribution in [3.63, 3.8) is 0 Å². The summed E-state index contributed by atoms with van der Waals surface area (Å²) in [5.74, 6) is 0.399. The number of aliphatic hydroxyl groups is 1. The second kappa shape index (κ2) is 8.81. The molecule has 10 heteroatoms. The summed E-state index contributed by atoms with van der Waals surface area (Å²) in [5, 5.41) is 10.0. The number of hydrogen-bond acceptors (Lipinski definition) is 6. The van der Waals surface area contributed by atoms with Crippen LogP contribution in [0, 0.1) is 0 Å². The van der Waals surface area contributed by atoms with Gasteiger partial charge in [-0.3, -0.25) is 9.46 Å². The quantitative estimate of drug-likeness (QED) is 0.389. The van der Waals surface area contributed by atoms with Crippen LogP contribution in [0.4, 0.5) is 5.82 Å². The van der Waals surface area contributed by atoms with Crippen LogP contribution in [0.15, 0.2) is 42.9 Å². The first-order valence-corrected chi connectivity index (χ1v) is 10.7. The first-order chi connectivity index (χ1) is 13.4. The van der Waals surface area contributed by atoms with Crippen LogP contribution in [-0.4, -0.2) is 66.7 Å². The molecule has 5 N–H and O–H groups in total. The molecular formula is C18H24N5O4P. The predicted molar refractivity (Wildman–Crippen MR) is 108 cm³/mol. The molecule has 0 amide bonds. The van der Waals surface area contributed by atoms with Crippen molar-refractivity contribution >= 4 is 24.4 Å². The molecular weight excluding hydrogens is 381 g/mol. The maximum absolute atomic E-state index is 11.2. The van der Waals surface area contributed by atoms with E-state index in [9.17, 15) is 9.67 Å². The highest BCUT2D eigenvalue weighted by Crippen LogP contribution is 2.34. The number of nitrogen functional groups attached to an aromatic ring is 1. The van der Waals surface area contributed by atoms with Gasteiger partial charge in [-0.15, -0.1) is 0 Å². The minimum absolute atomic E-state index is 0.0853. The van der Waals surface area contributed by atoms with Gasteiger partial charge in [0.25, 0.3) is 0 Å². The summed E-state index contributed by atoms with van der Waals surface area (Å²) in [5.41, 5.74) is 8.74. The molecule has 0 unspecified atom stereocenters. The summed E-state index contributed by atoms with van der Waals surface area (Å²) in [4.78, 5) is 28.5. The van der Waals surface area contributed by atoms with E-state index in [2.05, 4.69) is 9.97 Å². The summed E-state index contributed by atoms with van der Waals surface area (Å²) in [6.07, 6.45) is 3.14. The molecule has 0 aliphatic heterocycles. The number of nitrogens with zero attached hydrogens (tertiary/aromatic N) is 4. The van der Waals surface area contributed by atoms with Crippen molar-refractivity contribution < 1.29 is 19.5 Å². The van der Waals surface area contributed by atoms with Gasteiger partial charge in [0, 0.05) is 37.9 Å². The van der Waals surface area contributed by atoms with Crippen molar-refractivity contribution in [1.29, 1.82) is 0 Å². The molecule has 28 heavy (non-hydrogen) atoms.